The van der Waals surface area contributed by atoms with Crippen LogP contribution in [0.3, 0.4) is 0 Å². The molecule has 1 aromatic heterocycles. The number of piperidine rings is 1. The van der Waals surface area contributed by atoms with Gasteiger partial charge in [0.1, 0.15) is 23.9 Å². The summed E-state index contributed by atoms with van der Waals surface area (Å²) in [5.74, 6) is 1.71. The van der Waals surface area contributed by atoms with Gasteiger partial charge >= 0.3 is 12.2 Å². The largest absolute Gasteiger partial charge is 0.447 e. The summed E-state index contributed by atoms with van der Waals surface area (Å²) in [6.45, 7) is 13.2. The van der Waals surface area contributed by atoms with Crippen LogP contribution < -0.4 is 4.90 Å². The van der Waals surface area contributed by atoms with Crippen molar-refractivity contribution in [2.75, 3.05) is 24.6 Å². The highest BCUT2D eigenvalue weighted by Gasteiger charge is 2.38. The van der Waals surface area contributed by atoms with Gasteiger partial charge in [-0.15, -0.1) is 0 Å². The molecule has 0 bridgehead atoms. The molecule has 0 unspecified atom stereocenters. The van der Waals surface area contributed by atoms with Crippen molar-refractivity contribution in [2.45, 2.75) is 71.9 Å². The Bertz CT molecular complexity index is 766. The van der Waals surface area contributed by atoms with Crippen molar-refractivity contribution in [1.29, 1.82) is 0 Å². The molecule has 8 heteroatoms. The van der Waals surface area contributed by atoms with Gasteiger partial charge in [-0.25, -0.2) is 19.6 Å². The van der Waals surface area contributed by atoms with E-state index in [0.717, 1.165) is 18.5 Å². The zero-order valence-corrected chi connectivity index (χ0v) is 18.3. The van der Waals surface area contributed by atoms with E-state index >= 15 is 0 Å². The van der Waals surface area contributed by atoms with E-state index in [0.29, 0.717) is 31.3 Å². The molecular formula is C21H32N4O4. The first-order valence-corrected chi connectivity index (χ1v) is 10.3. The number of cyclic esters (lactones) is 1. The van der Waals surface area contributed by atoms with Gasteiger partial charge in [0.05, 0.1) is 6.04 Å². The topological polar surface area (TPSA) is 84.9 Å². The van der Waals surface area contributed by atoms with E-state index in [2.05, 4.69) is 23.8 Å². The van der Waals surface area contributed by atoms with E-state index in [9.17, 15) is 9.59 Å². The number of hydrogen-bond acceptors (Lipinski definition) is 6. The molecule has 1 atom stereocenters. The molecule has 2 amide bonds. The van der Waals surface area contributed by atoms with Crippen LogP contribution in [0.25, 0.3) is 0 Å². The molecule has 0 saturated carbocycles. The van der Waals surface area contributed by atoms with Crippen LogP contribution in [0, 0.1) is 12.8 Å². The highest BCUT2D eigenvalue weighted by molar-refractivity contribution is 5.89. The van der Waals surface area contributed by atoms with Crippen molar-refractivity contribution in [3.63, 3.8) is 0 Å². The van der Waals surface area contributed by atoms with Gasteiger partial charge in [-0.3, -0.25) is 4.90 Å². The SMILES string of the molecule is Cc1nc(C2CCN(C(=O)OC(C)(C)C)CC2)cc(N2C(=O)OC[C@@H]2C(C)C)n1. The number of ether oxygens (including phenoxy) is 2. The predicted octanol–water partition coefficient (Wildman–Crippen LogP) is 3.88. The molecule has 2 aliphatic rings. The van der Waals surface area contributed by atoms with Crippen molar-refractivity contribution in [2.24, 2.45) is 5.92 Å². The number of anilines is 1. The number of nitrogens with zero attached hydrogens (tertiary/aromatic N) is 4. The standard InChI is InChI=1S/C21H32N4O4/c1-13(2)17-12-28-20(27)25(17)18-11-16(22-14(3)23-18)15-7-9-24(10-8-15)19(26)29-21(4,5)6/h11,13,15,17H,7-10,12H2,1-6H3/t17-/m1/s1. The predicted molar refractivity (Wildman–Crippen MR) is 109 cm³/mol. The third-order valence-electron chi connectivity index (χ3n) is 5.33. The van der Waals surface area contributed by atoms with Crippen LogP contribution in [0.4, 0.5) is 15.4 Å². The fraction of sp³-hybridized carbons (Fsp3) is 0.714. The van der Waals surface area contributed by atoms with Crippen LogP contribution in [-0.2, 0) is 9.47 Å². The average Bonchev–Trinajstić information content (AvgIpc) is 3.02. The minimum Gasteiger partial charge on any atom is -0.447 e. The number of hydrogen-bond donors (Lipinski definition) is 0. The molecule has 0 aromatic carbocycles. The van der Waals surface area contributed by atoms with Crippen molar-refractivity contribution in [3.05, 3.63) is 17.6 Å². The quantitative estimate of drug-likeness (QED) is 0.760. The van der Waals surface area contributed by atoms with E-state index in [1.165, 1.54) is 0 Å². The van der Waals surface area contributed by atoms with Gasteiger partial charge in [-0.2, -0.15) is 0 Å². The molecule has 8 nitrogen and oxygen atoms in total. The van der Waals surface area contributed by atoms with Gasteiger partial charge in [0.15, 0.2) is 0 Å². The zero-order chi connectivity index (χ0) is 21.3. The number of carbonyl (C=O) groups is 2. The van der Waals surface area contributed by atoms with E-state index < -0.39 is 5.60 Å². The molecule has 160 valence electrons. The summed E-state index contributed by atoms with van der Waals surface area (Å²) >= 11 is 0. The van der Waals surface area contributed by atoms with Crippen molar-refractivity contribution >= 4 is 18.0 Å². The Morgan fingerprint density at radius 1 is 1.24 bits per heavy atom. The lowest BCUT2D eigenvalue weighted by Gasteiger charge is -2.33. The minimum atomic E-state index is -0.496. The average molecular weight is 405 g/mol. The van der Waals surface area contributed by atoms with Gasteiger partial charge in [0, 0.05) is 30.8 Å². The molecule has 2 aliphatic heterocycles. The second-order valence-corrected chi connectivity index (χ2v) is 9.20. The molecule has 3 heterocycles. The van der Waals surface area contributed by atoms with Crippen LogP contribution >= 0.6 is 0 Å². The third kappa shape index (κ3) is 4.97. The number of carbonyl (C=O) groups excluding carboxylic acids is 2. The summed E-state index contributed by atoms with van der Waals surface area (Å²) < 4.78 is 10.7. The fourth-order valence-electron chi connectivity index (χ4n) is 3.78. The van der Waals surface area contributed by atoms with Crippen LogP contribution in [0.15, 0.2) is 6.07 Å². The number of aryl methyl sites for hydroxylation is 1. The van der Waals surface area contributed by atoms with Crippen molar-refractivity contribution in [1.82, 2.24) is 14.9 Å². The van der Waals surface area contributed by atoms with E-state index in [1.807, 2.05) is 33.8 Å². The lowest BCUT2D eigenvalue weighted by molar-refractivity contribution is 0.0204. The third-order valence-corrected chi connectivity index (χ3v) is 5.33. The smallest absolute Gasteiger partial charge is 0.415 e. The maximum atomic E-state index is 12.3. The maximum absolute atomic E-state index is 12.3. The Morgan fingerprint density at radius 2 is 1.90 bits per heavy atom. The summed E-state index contributed by atoms with van der Waals surface area (Å²) in [4.78, 5) is 37.1. The molecule has 0 aliphatic carbocycles. The lowest BCUT2D eigenvalue weighted by Crippen LogP contribution is -2.41. The number of likely N-dealkylation sites (tertiary alicyclic amines) is 1. The molecule has 3 rings (SSSR count). The maximum Gasteiger partial charge on any atom is 0.415 e. The van der Waals surface area contributed by atoms with Crippen LogP contribution in [0.5, 0.6) is 0 Å². The fourth-order valence-corrected chi connectivity index (χ4v) is 3.78. The van der Waals surface area contributed by atoms with Crippen molar-refractivity contribution < 1.29 is 19.1 Å². The number of rotatable bonds is 3. The van der Waals surface area contributed by atoms with Crippen LogP contribution in [0.2, 0.25) is 0 Å². The highest BCUT2D eigenvalue weighted by atomic mass is 16.6. The monoisotopic (exact) mass is 404 g/mol. The van der Waals surface area contributed by atoms with E-state index in [1.54, 1.807) is 9.80 Å². The van der Waals surface area contributed by atoms with Gasteiger partial charge < -0.3 is 14.4 Å². The molecular weight excluding hydrogens is 372 g/mol. The summed E-state index contributed by atoms with van der Waals surface area (Å²) in [6, 6.07) is 1.88. The van der Waals surface area contributed by atoms with E-state index in [-0.39, 0.29) is 30.1 Å². The summed E-state index contributed by atoms with van der Waals surface area (Å²) in [6.07, 6.45) is 0.975. The molecule has 29 heavy (non-hydrogen) atoms. The lowest BCUT2D eigenvalue weighted by atomic mass is 9.93. The first kappa shape index (κ1) is 21.3. The second-order valence-electron chi connectivity index (χ2n) is 9.20. The van der Waals surface area contributed by atoms with Crippen LogP contribution in [0.1, 0.15) is 64.9 Å². The Balaban J connectivity index is 1.73. The summed E-state index contributed by atoms with van der Waals surface area (Å²) in [5, 5.41) is 0. The van der Waals surface area contributed by atoms with Gasteiger partial charge in [0.2, 0.25) is 0 Å². The van der Waals surface area contributed by atoms with Crippen molar-refractivity contribution in [3.8, 4) is 0 Å². The van der Waals surface area contributed by atoms with Gasteiger partial charge in [-0.1, -0.05) is 13.8 Å². The molecule has 0 spiro atoms. The minimum absolute atomic E-state index is 0.0290. The summed E-state index contributed by atoms with van der Waals surface area (Å²) in [5.41, 5.74) is 0.419. The molecule has 0 N–H and O–H groups in total. The number of aromatic nitrogens is 2. The normalized spacial score (nSPS) is 20.9. The number of amides is 2. The molecule has 2 fully saturated rings. The van der Waals surface area contributed by atoms with Gasteiger partial charge in [-0.05, 0) is 46.5 Å². The Morgan fingerprint density at radius 3 is 2.48 bits per heavy atom. The Labute approximate surface area is 172 Å². The first-order chi connectivity index (χ1) is 13.5. The Kier molecular flexibility index (Phi) is 6.00. The van der Waals surface area contributed by atoms with E-state index in [4.69, 9.17) is 9.47 Å². The molecule has 0 radical (unpaired) electrons. The zero-order valence-electron chi connectivity index (χ0n) is 18.3. The van der Waals surface area contributed by atoms with Crippen LogP contribution in [-0.4, -0.2) is 58.4 Å². The first-order valence-electron chi connectivity index (χ1n) is 10.3. The highest BCUT2D eigenvalue weighted by Crippen LogP contribution is 2.32. The Hall–Kier alpha value is -2.38. The molecule has 1 aromatic rings. The van der Waals surface area contributed by atoms with Gasteiger partial charge in [0.25, 0.3) is 0 Å². The summed E-state index contributed by atoms with van der Waals surface area (Å²) in [7, 11) is 0. The molecule has 2 saturated heterocycles. The second kappa shape index (κ2) is 8.16.